The van der Waals surface area contributed by atoms with Gasteiger partial charge in [-0.2, -0.15) is 0 Å². The van der Waals surface area contributed by atoms with E-state index in [9.17, 15) is 9.59 Å². The van der Waals surface area contributed by atoms with Crippen LogP contribution in [0.5, 0.6) is 11.5 Å². The first-order valence-corrected chi connectivity index (χ1v) is 7.00. The van der Waals surface area contributed by atoms with Gasteiger partial charge in [0.1, 0.15) is 17.2 Å². The summed E-state index contributed by atoms with van der Waals surface area (Å²) in [5.74, 6) is -0.290. The van der Waals surface area contributed by atoms with Gasteiger partial charge in [0, 0.05) is 6.42 Å². The van der Waals surface area contributed by atoms with Crippen LogP contribution in [0.4, 0.5) is 0 Å². The van der Waals surface area contributed by atoms with Crippen LogP contribution in [0, 0.1) is 0 Å². The molecule has 0 bridgehead atoms. The molecule has 0 radical (unpaired) electrons. The molecule has 2 rings (SSSR count). The zero-order chi connectivity index (χ0) is 15.4. The summed E-state index contributed by atoms with van der Waals surface area (Å²) in [6, 6.07) is 7.69. The molecule has 0 aliphatic carbocycles. The van der Waals surface area contributed by atoms with Crippen LogP contribution in [0.25, 0.3) is 0 Å². The number of carbonyl (C=O) groups is 2. The van der Waals surface area contributed by atoms with Crippen molar-refractivity contribution in [2.75, 3.05) is 0 Å². The highest BCUT2D eigenvalue weighted by Gasteiger charge is 2.10. The summed E-state index contributed by atoms with van der Waals surface area (Å²) >= 11 is 3.29. The van der Waals surface area contributed by atoms with Crippen LogP contribution in [-0.2, 0) is 0 Å². The second kappa shape index (κ2) is 6.49. The van der Waals surface area contributed by atoms with E-state index in [0.717, 1.165) is 0 Å². The lowest BCUT2D eigenvalue weighted by molar-refractivity contribution is 0.0696. The van der Waals surface area contributed by atoms with Gasteiger partial charge in [-0.05, 0) is 46.3 Å². The number of ether oxygens (including phenoxy) is 1. The van der Waals surface area contributed by atoms with Crippen molar-refractivity contribution < 1.29 is 19.4 Å². The molecular formula is C15H12BrNO4. The fourth-order valence-electron chi connectivity index (χ4n) is 1.63. The maximum absolute atomic E-state index is 11.5. The summed E-state index contributed by atoms with van der Waals surface area (Å²) in [6.45, 7) is 1.77. The summed E-state index contributed by atoms with van der Waals surface area (Å²) in [5, 5.41) is 8.97. The van der Waals surface area contributed by atoms with Gasteiger partial charge in [-0.15, -0.1) is 0 Å². The third kappa shape index (κ3) is 3.66. The molecule has 0 amide bonds. The van der Waals surface area contributed by atoms with Crippen molar-refractivity contribution in [1.82, 2.24) is 4.98 Å². The Bertz CT molecular complexity index is 683. The van der Waals surface area contributed by atoms with Crippen molar-refractivity contribution >= 4 is 27.7 Å². The minimum Gasteiger partial charge on any atom is -0.478 e. The van der Waals surface area contributed by atoms with E-state index in [0.29, 0.717) is 28.1 Å². The molecule has 0 saturated heterocycles. The Kier molecular flexibility index (Phi) is 4.70. The highest BCUT2D eigenvalue weighted by molar-refractivity contribution is 9.10. The molecule has 0 fully saturated rings. The average Bonchev–Trinajstić information content (AvgIpc) is 2.49. The van der Waals surface area contributed by atoms with Crippen LogP contribution < -0.4 is 4.74 Å². The zero-order valence-corrected chi connectivity index (χ0v) is 12.8. The van der Waals surface area contributed by atoms with Crippen molar-refractivity contribution in [2.45, 2.75) is 13.3 Å². The van der Waals surface area contributed by atoms with E-state index in [4.69, 9.17) is 9.84 Å². The highest BCUT2D eigenvalue weighted by atomic mass is 79.9. The minimum absolute atomic E-state index is 0.0457. The summed E-state index contributed by atoms with van der Waals surface area (Å²) in [4.78, 5) is 26.5. The Morgan fingerprint density at radius 1 is 1.29 bits per heavy atom. The Hall–Kier alpha value is -2.21. The Morgan fingerprint density at radius 2 is 2.05 bits per heavy atom. The fourth-order valence-corrected chi connectivity index (χ4v) is 1.96. The maximum Gasteiger partial charge on any atom is 0.335 e. The molecule has 21 heavy (non-hydrogen) atoms. The molecule has 108 valence electrons. The number of hydrogen-bond donors (Lipinski definition) is 1. The first-order chi connectivity index (χ1) is 10.0. The number of hydrogen-bond acceptors (Lipinski definition) is 4. The summed E-state index contributed by atoms with van der Waals surface area (Å²) in [5.41, 5.74) is 0.502. The van der Waals surface area contributed by atoms with E-state index < -0.39 is 5.97 Å². The van der Waals surface area contributed by atoms with Crippen molar-refractivity contribution in [3.05, 3.63) is 52.3 Å². The smallest absolute Gasteiger partial charge is 0.335 e. The van der Waals surface area contributed by atoms with Crippen LogP contribution in [0.3, 0.4) is 0 Å². The van der Waals surface area contributed by atoms with Crippen LogP contribution in [0.2, 0.25) is 0 Å². The fraction of sp³-hybridized carbons (Fsp3) is 0.133. The lowest BCUT2D eigenvalue weighted by Crippen LogP contribution is -2.00. The number of ketones is 1. The van der Waals surface area contributed by atoms with Gasteiger partial charge >= 0.3 is 5.97 Å². The van der Waals surface area contributed by atoms with Gasteiger partial charge in [0.25, 0.3) is 0 Å². The molecule has 0 spiro atoms. The topological polar surface area (TPSA) is 76.5 Å². The van der Waals surface area contributed by atoms with Crippen LogP contribution in [0.1, 0.15) is 34.2 Å². The second-order valence-corrected chi connectivity index (χ2v) is 5.06. The number of halogens is 1. The molecule has 0 aliphatic rings. The number of benzene rings is 1. The standard InChI is InChI=1S/C15H12BrNO4/c1-2-13(18)12-6-4-10(8-17-12)21-14-7-9(15(19)20)3-5-11(14)16/h3-8H,2H2,1H3,(H,19,20). The van der Waals surface area contributed by atoms with Gasteiger partial charge < -0.3 is 9.84 Å². The third-order valence-electron chi connectivity index (χ3n) is 2.75. The molecule has 1 aromatic heterocycles. The summed E-state index contributed by atoms with van der Waals surface area (Å²) in [6.07, 6.45) is 1.82. The molecule has 0 aliphatic heterocycles. The lowest BCUT2D eigenvalue weighted by atomic mass is 10.2. The molecule has 0 atom stereocenters. The van der Waals surface area contributed by atoms with Gasteiger partial charge in [-0.1, -0.05) is 6.92 Å². The van der Waals surface area contributed by atoms with Crippen molar-refractivity contribution in [1.29, 1.82) is 0 Å². The number of aromatic carboxylic acids is 1. The number of carboxylic acids is 1. The van der Waals surface area contributed by atoms with Gasteiger partial charge in [-0.3, -0.25) is 4.79 Å². The Balaban J connectivity index is 2.23. The first kappa shape index (κ1) is 15.2. The van der Waals surface area contributed by atoms with E-state index in [1.165, 1.54) is 18.3 Å². The van der Waals surface area contributed by atoms with Crippen molar-refractivity contribution in [2.24, 2.45) is 0 Å². The molecule has 2 aromatic rings. The zero-order valence-electron chi connectivity index (χ0n) is 11.2. The number of Topliss-reactive ketones (excluding diaryl/α,β-unsaturated/α-hetero) is 1. The maximum atomic E-state index is 11.5. The SMILES string of the molecule is CCC(=O)c1ccc(Oc2cc(C(=O)O)ccc2Br)cn1. The van der Waals surface area contributed by atoms with Crippen molar-refractivity contribution in [3.63, 3.8) is 0 Å². The number of rotatable bonds is 5. The van der Waals surface area contributed by atoms with Crippen LogP contribution in [-0.4, -0.2) is 21.8 Å². The number of aromatic nitrogens is 1. The molecule has 0 unspecified atom stereocenters. The van der Waals surface area contributed by atoms with E-state index in [1.807, 2.05) is 0 Å². The van der Waals surface area contributed by atoms with Crippen LogP contribution >= 0.6 is 15.9 Å². The van der Waals surface area contributed by atoms with Gasteiger partial charge in [0.05, 0.1) is 16.2 Å². The quantitative estimate of drug-likeness (QED) is 0.827. The number of nitrogens with zero attached hydrogens (tertiary/aromatic N) is 1. The molecule has 1 N–H and O–H groups in total. The van der Waals surface area contributed by atoms with Crippen LogP contribution in [0.15, 0.2) is 41.0 Å². The minimum atomic E-state index is -1.03. The average molecular weight is 350 g/mol. The van der Waals surface area contributed by atoms with Gasteiger partial charge in [0.15, 0.2) is 5.78 Å². The Labute approximate surface area is 129 Å². The van der Waals surface area contributed by atoms with E-state index >= 15 is 0 Å². The molecule has 6 heteroatoms. The van der Waals surface area contributed by atoms with Crippen molar-refractivity contribution in [3.8, 4) is 11.5 Å². The summed E-state index contributed by atoms with van der Waals surface area (Å²) in [7, 11) is 0. The molecule has 5 nitrogen and oxygen atoms in total. The number of carbonyl (C=O) groups excluding carboxylic acids is 1. The highest BCUT2D eigenvalue weighted by Crippen LogP contribution is 2.30. The first-order valence-electron chi connectivity index (χ1n) is 6.21. The summed E-state index contributed by atoms with van der Waals surface area (Å²) < 4.78 is 6.21. The molecule has 0 saturated carbocycles. The molecule has 1 aromatic carbocycles. The van der Waals surface area contributed by atoms with Gasteiger partial charge in [0.2, 0.25) is 0 Å². The van der Waals surface area contributed by atoms with Gasteiger partial charge in [-0.25, -0.2) is 9.78 Å². The Morgan fingerprint density at radius 3 is 2.62 bits per heavy atom. The predicted molar refractivity (Wildman–Crippen MR) is 80.0 cm³/mol. The second-order valence-electron chi connectivity index (χ2n) is 4.21. The number of carboxylic acid groups (broad SMARTS) is 1. The normalized spacial score (nSPS) is 10.2. The number of pyridine rings is 1. The molecular weight excluding hydrogens is 338 g/mol. The van der Waals surface area contributed by atoms with E-state index in [-0.39, 0.29) is 11.3 Å². The predicted octanol–water partition coefficient (Wildman–Crippen LogP) is 3.93. The van der Waals surface area contributed by atoms with E-state index in [1.54, 1.807) is 25.1 Å². The monoisotopic (exact) mass is 349 g/mol. The third-order valence-corrected chi connectivity index (χ3v) is 3.40. The van der Waals surface area contributed by atoms with E-state index in [2.05, 4.69) is 20.9 Å². The largest absolute Gasteiger partial charge is 0.478 e. The molecule has 1 heterocycles. The lowest BCUT2D eigenvalue weighted by Gasteiger charge is -2.08.